The molecule has 0 amide bonds. The van der Waals surface area contributed by atoms with Gasteiger partial charge in [0.2, 0.25) is 0 Å². The number of aromatic nitrogens is 3. The molecule has 0 N–H and O–H groups in total. The quantitative estimate of drug-likeness (QED) is 0.360. The van der Waals surface area contributed by atoms with Gasteiger partial charge >= 0.3 is 5.97 Å². The monoisotopic (exact) mass is 532 g/mol. The van der Waals surface area contributed by atoms with Crippen LogP contribution in [-0.2, 0) is 9.53 Å². The van der Waals surface area contributed by atoms with E-state index in [9.17, 15) is 9.59 Å². The summed E-state index contributed by atoms with van der Waals surface area (Å²) in [5, 5.41) is 5.27. The van der Waals surface area contributed by atoms with E-state index in [1.165, 1.54) is 11.3 Å². The van der Waals surface area contributed by atoms with Crippen molar-refractivity contribution < 1.29 is 9.53 Å². The van der Waals surface area contributed by atoms with E-state index in [0.29, 0.717) is 25.6 Å². The fraction of sp³-hybridized carbons (Fsp3) is 0.214. The van der Waals surface area contributed by atoms with E-state index in [0.717, 1.165) is 28.2 Å². The van der Waals surface area contributed by atoms with Gasteiger partial charge in [0.25, 0.3) is 5.56 Å². The second kappa shape index (κ2) is 9.95. The van der Waals surface area contributed by atoms with Crippen molar-refractivity contribution >= 4 is 35.0 Å². The highest BCUT2D eigenvalue weighted by molar-refractivity contribution is 7.07. The number of carbonyl (C=O) groups excluding carboxylic acids is 1. The molecule has 5 rings (SSSR count). The second-order valence-corrected chi connectivity index (χ2v) is 10.1. The van der Waals surface area contributed by atoms with Crippen LogP contribution in [0.5, 0.6) is 0 Å². The van der Waals surface area contributed by atoms with Gasteiger partial charge in [0.1, 0.15) is 0 Å². The van der Waals surface area contributed by atoms with Crippen LogP contribution in [0.2, 0.25) is 5.02 Å². The molecule has 0 saturated carbocycles. The zero-order valence-corrected chi connectivity index (χ0v) is 22.4. The number of nitrogens with zero attached hydrogens (tertiary/aromatic N) is 4. The van der Waals surface area contributed by atoms with E-state index in [1.54, 1.807) is 30.5 Å². The molecule has 9 heteroatoms. The fourth-order valence-corrected chi connectivity index (χ4v) is 5.72. The molecule has 188 valence electrons. The number of fused-ring (bicyclic) bond motifs is 1. The number of hydrogen-bond acceptors (Lipinski definition) is 6. The minimum Gasteiger partial charge on any atom is -0.463 e. The third kappa shape index (κ3) is 4.47. The first-order valence-electron chi connectivity index (χ1n) is 11.9. The number of para-hydroxylation sites is 1. The van der Waals surface area contributed by atoms with Crippen LogP contribution in [0.25, 0.3) is 11.8 Å². The summed E-state index contributed by atoms with van der Waals surface area (Å²) in [4.78, 5) is 32.0. The molecule has 0 radical (unpaired) electrons. The average molecular weight is 533 g/mol. The van der Waals surface area contributed by atoms with Gasteiger partial charge in [-0.15, -0.1) is 0 Å². The molecule has 1 atom stereocenters. The summed E-state index contributed by atoms with van der Waals surface area (Å²) in [6.45, 7) is 7.65. The molecule has 4 aromatic rings. The predicted octanol–water partition coefficient (Wildman–Crippen LogP) is 4.25. The van der Waals surface area contributed by atoms with Gasteiger partial charge in [-0.25, -0.2) is 14.5 Å². The van der Waals surface area contributed by atoms with Crippen LogP contribution in [0.3, 0.4) is 0 Å². The Balaban J connectivity index is 1.70. The van der Waals surface area contributed by atoms with Crippen LogP contribution in [0.4, 0.5) is 0 Å². The number of aryl methyl sites for hydroxylation is 1. The van der Waals surface area contributed by atoms with E-state index in [2.05, 4.69) is 4.99 Å². The average Bonchev–Trinajstić information content (AvgIpc) is 3.34. The van der Waals surface area contributed by atoms with Crippen LogP contribution in [0.1, 0.15) is 42.4 Å². The minimum absolute atomic E-state index is 0.220. The van der Waals surface area contributed by atoms with Crippen molar-refractivity contribution in [1.82, 2.24) is 14.3 Å². The van der Waals surface area contributed by atoms with Crippen molar-refractivity contribution in [2.24, 2.45) is 4.99 Å². The third-order valence-electron chi connectivity index (χ3n) is 6.33. The molecule has 0 unspecified atom stereocenters. The summed E-state index contributed by atoms with van der Waals surface area (Å²) in [6.07, 6.45) is 1.86. The molecule has 37 heavy (non-hydrogen) atoms. The number of carbonyl (C=O) groups is 1. The molecule has 0 spiro atoms. The zero-order chi connectivity index (χ0) is 26.3. The Morgan fingerprint density at radius 3 is 2.49 bits per heavy atom. The van der Waals surface area contributed by atoms with Gasteiger partial charge in [0.15, 0.2) is 4.80 Å². The third-order valence-corrected chi connectivity index (χ3v) is 7.56. The van der Waals surface area contributed by atoms with Crippen LogP contribution in [0.15, 0.2) is 75.7 Å². The summed E-state index contributed by atoms with van der Waals surface area (Å²) < 4.78 is 9.30. The van der Waals surface area contributed by atoms with Gasteiger partial charge in [-0.3, -0.25) is 9.36 Å². The van der Waals surface area contributed by atoms with E-state index >= 15 is 0 Å². The Kier molecular flexibility index (Phi) is 6.70. The van der Waals surface area contributed by atoms with Crippen molar-refractivity contribution in [3.8, 4) is 5.69 Å². The van der Waals surface area contributed by atoms with Gasteiger partial charge in [-0.2, -0.15) is 5.10 Å². The number of halogens is 1. The lowest BCUT2D eigenvalue weighted by Crippen LogP contribution is -2.39. The van der Waals surface area contributed by atoms with Crippen molar-refractivity contribution in [3.05, 3.63) is 113 Å². The van der Waals surface area contributed by atoms with Crippen LogP contribution in [0, 0.1) is 13.8 Å². The van der Waals surface area contributed by atoms with Gasteiger partial charge in [0.05, 0.1) is 39.8 Å². The Morgan fingerprint density at radius 1 is 1.11 bits per heavy atom. The maximum absolute atomic E-state index is 13.9. The lowest BCUT2D eigenvalue weighted by Gasteiger charge is -2.24. The normalized spacial score (nSPS) is 15.5. The standard InChI is InChI=1S/C28H25ClN4O3S/c1-5-36-27(35)24-17(3)30-28-32(25(24)19-11-13-20(29)14-12-19)26(34)23(37-28)15-22-16(2)31-33(18(22)4)21-9-7-6-8-10-21/h6-15,25H,5H2,1-4H3/t25-/m0/s1. The molecule has 0 bridgehead atoms. The maximum atomic E-state index is 13.9. The van der Waals surface area contributed by atoms with Crippen molar-refractivity contribution in [1.29, 1.82) is 0 Å². The lowest BCUT2D eigenvalue weighted by atomic mass is 9.96. The Morgan fingerprint density at radius 2 is 1.81 bits per heavy atom. The van der Waals surface area contributed by atoms with Crippen LogP contribution < -0.4 is 14.9 Å². The first-order chi connectivity index (χ1) is 17.8. The maximum Gasteiger partial charge on any atom is 0.338 e. The summed E-state index contributed by atoms with van der Waals surface area (Å²) in [6, 6.07) is 16.3. The number of benzene rings is 2. The highest BCUT2D eigenvalue weighted by Crippen LogP contribution is 2.31. The zero-order valence-electron chi connectivity index (χ0n) is 20.9. The molecule has 2 aromatic heterocycles. The summed E-state index contributed by atoms with van der Waals surface area (Å²) in [5.41, 5.74) is 4.93. The molecular weight excluding hydrogens is 508 g/mol. The lowest BCUT2D eigenvalue weighted by molar-refractivity contribution is -0.139. The van der Waals surface area contributed by atoms with Crippen molar-refractivity contribution in [3.63, 3.8) is 0 Å². The number of rotatable bonds is 5. The molecule has 0 fully saturated rings. The SMILES string of the molecule is CCOC(=O)C1=C(C)N=c2sc(=Cc3c(C)nn(-c4ccccc4)c3C)c(=O)n2[C@H]1c1ccc(Cl)cc1. The largest absolute Gasteiger partial charge is 0.463 e. The molecule has 1 aliphatic heterocycles. The summed E-state index contributed by atoms with van der Waals surface area (Å²) in [7, 11) is 0. The second-order valence-electron chi connectivity index (χ2n) is 8.69. The Hall–Kier alpha value is -3.75. The number of hydrogen-bond donors (Lipinski definition) is 0. The van der Waals surface area contributed by atoms with Crippen molar-refractivity contribution in [2.45, 2.75) is 33.7 Å². The number of ether oxygens (including phenoxy) is 1. The smallest absolute Gasteiger partial charge is 0.338 e. The molecule has 0 aliphatic carbocycles. The predicted molar refractivity (Wildman–Crippen MR) is 145 cm³/mol. The number of thiazole rings is 1. The highest BCUT2D eigenvalue weighted by atomic mass is 35.5. The first-order valence-corrected chi connectivity index (χ1v) is 13.1. The van der Waals surface area contributed by atoms with E-state index < -0.39 is 12.0 Å². The Bertz CT molecular complexity index is 1710. The molecule has 7 nitrogen and oxygen atoms in total. The topological polar surface area (TPSA) is 78.5 Å². The van der Waals surface area contributed by atoms with Gasteiger partial charge < -0.3 is 4.74 Å². The molecule has 2 aromatic carbocycles. The van der Waals surface area contributed by atoms with E-state index in [1.807, 2.05) is 67.1 Å². The van der Waals surface area contributed by atoms with E-state index in [-0.39, 0.29) is 12.2 Å². The van der Waals surface area contributed by atoms with Gasteiger partial charge in [0, 0.05) is 16.3 Å². The van der Waals surface area contributed by atoms with Crippen molar-refractivity contribution in [2.75, 3.05) is 6.61 Å². The first kappa shape index (κ1) is 24.9. The summed E-state index contributed by atoms with van der Waals surface area (Å²) in [5.74, 6) is -0.492. The Labute approximate surface area is 222 Å². The van der Waals surface area contributed by atoms with Gasteiger partial charge in [-0.1, -0.05) is 53.3 Å². The van der Waals surface area contributed by atoms with Gasteiger partial charge in [-0.05, 0) is 63.6 Å². The number of allylic oxidation sites excluding steroid dienone is 1. The van der Waals surface area contributed by atoms with Crippen LogP contribution >= 0.6 is 22.9 Å². The molecule has 0 saturated heterocycles. The highest BCUT2D eigenvalue weighted by Gasteiger charge is 2.33. The summed E-state index contributed by atoms with van der Waals surface area (Å²) >= 11 is 7.42. The molecule has 3 heterocycles. The fourth-order valence-electron chi connectivity index (χ4n) is 4.57. The molecule has 1 aliphatic rings. The molecular formula is C28H25ClN4O3S. The number of esters is 1. The van der Waals surface area contributed by atoms with E-state index in [4.69, 9.17) is 21.4 Å². The minimum atomic E-state index is -0.677. The van der Waals surface area contributed by atoms with Crippen LogP contribution in [-0.4, -0.2) is 26.9 Å².